The van der Waals surface area contributed by atoms with Gasteiger partial charge in [-0.2, -0.15) is 0 Å². The summed E-state index contributed by atoms with van der Waals surface area (Å²) in [6.45, 7) is 0. The molecule has 1 saturated heterocycles. The highest BCUT2D eigenvalue weighted by molar-refractivity contribution is 8.18. The van der Waals surface area contributed by atoms with Crippen LogP contribution in [0, 0.1) is 0 Å². The lowest BCUT2D eigenvalue weighted by atomic mass is 10.2. The molecule has 0 bridgehead atoms. The van der Waals surface area contributed by atoms with Crippen molar-refractivity contribution in [3.63, 3.8) is 0 Å². The number of carbonyl (C=O) groups excluding carboxylic acids is 1. The van der Waals surface area contributed by atoms with E-state index in [0.717, 1.165) is 0 Å². The summed E-state index contributed by atoms with van der Waals surface area (Å²) in [4.78, 5) is 17.1. The van der Waals surface area contributed by atoms with Crippen molar-refractivity contribution in [2.45, 2.75) is 0 Å². The van der Waals surface area contributed by atoms with Gasteiger partial charge in [0.2, 0.25) is 0 Å². The van der Waals surface area contributed by atoms with Crippen LogP contribution < -0.4 is 5.32 Å². The average molecular weight is 450 g/mol. The van der Waals surface area contributed by atoms with E-state index in [1.54, 1.807) is 48.5 Å². The first-order valence-corrected chi connectivity index (χ1v) is 10.0. The normalized spacial score (nSPS) is 16.8. The van der Waals surface area contributed by atoms with Crippen molar-refractivity contribution < 1.29 is 9.21 Å². The van der Waals surface area contributed by atoms with Crippen LogP contribution in [-0.2, 0) is 4.79 Å². The second kappa shape index (κ2) is 8.05. The molecule has 28 heavy (non-hydrogen) atoms. The molecule has 1 aliphatic rings. The molecule has 0 atom stereocenters. The number of halogens is 3. The lowest BCUT2D eigenvalue weighted by Crippen LogP contribution is -2.19. The van der Waals surface area contributed by atoms with E-state index in [0.29, 0.717) is 47.9 Å². The summed E-state index contributed by atoms with van der Waals surface area (Å²) in [5, 5.41) is 4.77. The van der Waals surface area contributed by atoms with Gasteiger partial charge in [-0.1, -0.05) is 46.9 Å². The van der Waals surface area contributed by atoms with E-state index in [1.165, 1.54) is 11.8 Å². The van der Waals surface area contributed by atoms with E-state index < -0.39 is 0 Å². The quantitative estimate of drug-likeness (QED) is 0.447. The minimum Gasteiger partial charge on any atom is -0.457 e. The maximum Gasteiger partial charge on any atom is 0.264 e. The van der Waals surface area contributed by atoms with E-state index in [9.17, 15) is 4.79 Å². The van der Waals surface area contributed by atoms with Gasteiger partial charge < -0.3 is 9.73 Å². The van der Waals surface area contributed by atoms with Crippen LogP contribution in [0.3, 0.4) is 0 Å². The first-order chi connectivity index (χ1) is 13.5. The predicted octanol–water partition coefficient (Wildman–Crippen LogP) is 6.80. The Balaban J connectivity index is 1.58. The molecule has 1 N–H and O–H groups in total. The summed E-state index contributed by atoms with van der Waals surface area (Å²) in [7, 11) is 0. The molecule has 1 amide bonds. The highest BCUT2D eigenvalue weighted by Gasteiger charge is 2.24. The van der Waals surface area contributed by atoms with E-state index >= 15 is 0 Å². The third-order valence-electron chi connectivity index (χ3n) is 3.82. The zero-order chi connectivity index (χ0) is 19.7. The van der Waals surface area contributed by atoms with Crippen LogP contribution in [0.15, 0.2) is 68.9 Å². The Kier molecular flexibility index (Phi) is 5.51. The first-order valence-electron chi connectivity index (χ1n) is 8.09. The van der Waals surface area contributed by atoms with Crippen molar-refractivity contribution >= 4 is 69.4 Å². The molecule has 0 radical (unpaired) electrons. The van der Waals surface area contributed by atoms with Crippen molar-refractivity contribution in [2.75, 3.05) is 0 Å². The Hall–Kier alpha value is -2.18. The first kappa shape index (κ1) is 19.2. The number of hydrogen-bond donors (Lipinski definition) is 1. The Morgan fingerprint density at radius 1 is 1.00 bits per heavy atom. The lowest BCUT2D eigenvalue weighted by molar-refractivity contribution is -0.115. The second-order valence-corrected chi connectivity index (χ2v) is 8.04. The van der Waals surface area contributed by atoms with Gasteiger partial charge in [-0.25, -0.2) is 4.99 Å². The third kappa shape index (κ3) is 4.13. The molecule has 4 nitrogen and oxygen atoms in total. The molecule has 0 unspecified atom stereocenters. The number of hydrogen-bond acceptors (Lipinski definition) is 4. The number of benzene rings is 2. The van der Waals surface area contributed by atoms with Gasteiger partial charge >= 0.3 is 0 Å². The minimum atomic E-state index is -0.255. The fourth-order valence-electron chi connectivity index (χ4n) is 2.52. The molecule has 0 spiro atoms. The number of aliphatic imine (C=N–C) groups is 1. The Morgan fingerprint density at radius 3 is 2.64 bits per heavy atom. The van der Waals surface area contributed by atoms with Crippen LogP contribution >= 0.6 is 46.6 Å². The maximum atomic E-state index is 12.2. The highest BCUT2D eigenvalue weighted by atomic mass is 35.5. The molecule has 2 aromatic carbocycles. The summed E-state index contributed by atoms with van der Waals surface area (Å²) < 4.78 is 5.81. The maximum absolute atomic E-state index is 12.2. The Morgan fingerprint density at radius 2 is 1.82 bits per heavy atom. The molecule has 1 fully saturated rings. The second-order valence-electron chi connectivity index (χ2n) is 5.76. The molecule has 0 aliphatic carbocycles. The number of carbonyl (C=O) groups is 1. The molecule has 8 heteroatoms. The van der Waals surface area contributed by atoms with Crippen molar-refractivity contribution in [3.8, 4) is 11.3 Å². The fraction of sp³-hybridized carbons (Fsp3) is 0. The number of rotatable bonds is 3. The summed E-state index contributed by atoms with van der Waals surface area (Å²) in [6.07, 6.45) is 1.65. The van der Waals surface area contributed by atoms with Crippen LogP contribution in [0.2, 0.25) is 15.1 Å². The Labute approximate surface area is 180 Å². The van der Waals surface area contributed by atoms with Crippen LogP contribution in [0.25, 0.3) is 17.4 Å². The molecule has 1 aliphatic heterocycles. The highest BCUT2D eigenvalue weighted by Crippen LogP contribution is 2.34. The van der Waals surface area contributed by atoms with Gasteiger partial charge in [0, 0.05) is 16.7 Å². The smallest absolute Gasteiger partial charge is 0.264 e. The van der Waals surface area contributed by atoms with E-state index in [2.05, 4.69) is 10.3 Å². The predicted molar refractivity (Wildman–Crippen MR) is 116 cm³/mol. The van der Waals surface area contributed by atoms with Crippen LogP contribution in [0.5, 0.6) is 0 Å². The van der Waals surface area contributed by atoms with E-state index in [4.69, 9.17) is 39.2 Å². The number of amidine groups is 1. The van der Waals surface area contributed by atoms with Gasteiger partial charge in [-0.3, -0.25) is 4.79 Å². The standard InChI is InChI=1S/C20H11Cl3N2O2S/c21-11-5-7-14(22)13(9-11)17-8-6-12(27-17)10-18-19(26)25-20(28-18)24-16-4-2-1-3-15(16)23/h1-10H,(H,24,25,26). The molecule has 3 aromatic rings. The van der Waals surface area contributed by atoms with Crippen molar-refractivity contribution in [3.05, 3.63) is 80.3 Å². The van der Waals surface area contributed by atoms with Gasteiger partial charge in [-0.15, -0.1) is 0 Å². The van der Waals surface area contributed by atoms with Gasteiger partial charge in [0.25, 0.3) is 5.91 Å². The Bertz CT molecular complexity index is 1140. The molecule has 0 saturated carbocycles. The van der Waals surface area contributed by atoms with Crippen LogP contribution in [-0.4, -0.2) is 11.1 Å². The summed E-state index contributed by atoms with van der Waals surface area (Å²) in [6, 6.07) is 15.8. The molecular formula is C20H11Cl3N2O2S. The fourth-order valence-corrected chi connectivity index (χ4v) is 3.90. The topological polar surface area (TPSA) is 54.6 Å². The molecule has 140 valence electrons. The number of amides is 1. The van der Waals surface area contributed by atoms with Crippen molar-refractivity contribution in [2.24, 2.45) is 4.99 Å². The molecule has 1 aromatic heterocycles. The number of nitrogens with one attached hydrogen (secondary N) is 1. The molecule has 4 rings (SSSR count). The van der Waals surface area contributed by atoms with Gasteiger partial charge in [-0.05, 0) is 54.2 Å². The van der Waals surface area contributed by atoms with Crippen LogP contribution in [0.1, 0.15) is 5.76 Å². The molecular weight excluding hydrogens is 439 g/mol. The number of furan rings is 1. The summed E-state index contributed by atoms with van der Waals surface area (Å²) in [5.41, 5.74) is 1.27. The number of nitrogens with zero attached hydrogens (tertiary/aromatic N) is 1. The summed E-state index contributed by atoms with van der Waals surface area (Å²) in [5.74, 6) is 0.824. The van der Waals surface area contributed by atoms with E-state index in [-0.39, 0.29) is 5.91 Å². The molecule has 2 heterocycles. The SMILES string of the molecule is O=C1NC(=Nc2ccccc2Cl)SC1=Cc1ccc(-c2cc(Cl)ccc2Cl)o1. The minimum absolute atomic E-state index is 0.255. The van der Waals surface area contributed by atoms with Gasteiger partial charge in [0.1, 0.15) is 11.5 Å². The largest absolute Gasteiger partial charge is 0.457 e. The number of para-hydroxylation sites is 1. The monoisotopic (exact) mass is 448 g/mol. The van der Waals surface area contributed by atoms with Gasteiger partial charge in [0.15, 0.2) is 5.17 Å². The average Bonchev–Trinajstić information content (AvgIpc) is 3.26. The lowest BCUT2D eigenvalue weighted by Gasteiger charge is -2.01. The van der Waals surface area contributed by atoms with Crippen LogP contribution in [0.4, 0.5) is 5.69 Å². The number of thioether (sulfide) groups is 1. The van der Waals surface area contributed by atoms with E-state index in [1.807, 2.05) is 12.1 Å². The zero-order valence-electron chi connectivity index (χ0n) is 14.1. The zero-order valence-corrected chi connectivity index (χ0v) is 17.2. The van der Waals surface area contributed by atoms with Crippen molar-refractivity contribution in [1.82, 2.24) is 5.32 Å². The van der Waals surface area contributed by atoms with Crippen molar-refractivity contribution in [1.29, 1.82) is 0 Å². The van der Waals surface area contributed by atoms with Gasteiger partial charge in [0.05, 0.1) is 20.6 Å². The summed E-state index contributed by atoms with van der Waals surface area (Å²) >= 11 is 19.6. The third-order valence-corrected chi connectivity index (χ3v) is 5.61.